The fourth-order valence-corrected chi connectivity index (χ4v) is 1.84. The second-order valence-corrected chi connectivity index (χ2v) is 4.32. The van der Waals surface area contributed by atoms with Gasteiger partial charge in [0.05, 0.1) is 25.4 Å². The van der Waals surface area contributed by atoms with Gasteiger partial charge in [-0.1, -0.05) is 13.0 Å². The van der Waals surface area contributed by atoms with Crippen LogP contribution in [0.15, 0.2) is 28.8 Å². The van der Waals surface area contributed by atoms with Gasteiger partial charge in [-0.05, 0) is 17.7 Å². The summed E-state index contributed by atoms with van der Waals surface area (Å²) in [5.74, 6) is 2.17. The summed E-state index contributed by atoms with van der Waals surface area (Å²) in [4.78, 5) is 4.18. The summed E-state index contributed by atoms with van der Waals surface area (Å²) >= 11 is 0. The number of hydrogen-bond donors (Lipinski definition) is 1. The maximum Gasteiger partial charge on any atom is 0.208 e. The Bertz CT molecular complexity index is 614. The number of benzene rings is 1. The van der Waals surface area contributed by atoms with E-state index in [-0.39, 0.29) is 0 Å². The molecule has 5 heteroatoms. The van der Waals surface area contributed by atoms with Gasteiger partial charge >= 0.3 is 0 Å². The average molecular weight is 271 g/mol. The van der Waals surface area contributed by atoms with Crippen LogP contribution in [0.4, 0.5) is 0 Å². The number of rotatable bonds is 6. The molecule has 2 aromatic rings. The van der Waals surface area contributed by atoms with E-state index >= 15 is 0 Å². The summed E-state index contributed by atoms with van der Waals surface area (Å²) in [6.07, 6.45) is 2.60. The molecule has 0 aliphatic heterocycles. The zero-order chi connectivity index (χ0) is 14.4. The molecule has 0 bridgehead atoms. The molecule has 104 valence electrons. The van der Waals surface area contributed by atoms with Crippen LogP contribution < -0.4 is 10.1 Å². The maximum absolute atomic E-state index is 8.92. The number of nitrogens with one attached hydrogen (secondary N) is 1. The lowest BCUT2D eigenvalue weighted by Crippen LogP contribution is -2.13. The summed E-state index contributed by atoms with van der Waals surface area (Å²) in [7, 11) is 1.56. The van der Waals surface area contributed by atoms with E-state index in [1.165, 1.54) is 0 Å². The highest BCUT2D eigenvalue weighted by Crippen LogP contribution is 2.19. The van der Waals surface area contributed by atoms with E-state index in [1.54, 1.807) is 19.4 Å². The Labute approximate surface area is 118 Å². The Hall–Kier alpha value is -2.32. The van der Waals surface area contributed by atoms with Gasteiger partial charge < -0.3 is 14.5 Å². The minimum Gasteiger partial charge on any atom is -0.495 e. The first kappa shape index (κ1) is 14.1. The Morgan fingerprint density at radius 3 is 2.90 bits per heavy atom. The van der Waals surface area contributed by atoms with E-state index in [2.05, 4.69) is 16.4 Å². The molecular weight excluding hydrogens is 254 g/mol. The minimum atomic E-state index is 0.538. The van der Waals surface area contributed by atoms with Crippen molar-refractivity contribution >= 4 is 0 Å². The second kappa shape index (κ2) is 6.73. The van der Waals surface area contributed by atoms with Gasteiger partial charge in [-0.2, -0.15) is 5.26 Å². The summed E-state index contributed by atoms with van der Waals surface area (Å²) in [6.45, 7) is 3.26. The first-order valence-electron chi connectivity index (χ1n) is 6.48. The van der Waals surface area contributed by atoms with Crippen molar-refractivity contribution in [1.29, 1.82) is 5.26 Å². The van der Waals surface area contributed by atoms with Gasteiger partial charge in [0.25, 0.3) is 0 Å². The molecule has 1 heterocycles. The quantitative estimate of drug-likeness (QED) is 0.873. The van der Waals surface area contributed by atoms with Crippen LogP contribution in [0.5, 0.6) is 5.75 Å². The number of aryl methyl sites for hydroxylation is 1. The number of nitriles is 1. The third-order valence-electron chi connectivity index (χ3n) is 2.94. The number of nitrogens with zero attached hydrogens (tertiary/aromatic N) is 2. The summed E-state index contributed by atoms with van der Waals surface area (Å²) in [5, 5.41) is 12.2. The van der Waals surface area contributed by atoms with Gasteiger partial charge in [0.15, 0.2) is 0 Å². The van der Waals surface area contributed by atoms with Crippen molar-refractivity contribution < 1.29 is 9.15 Å². The predicted octanol–water partition coefficient (Wildman–Crippen LogP) is 2.41. The molecule has 5 nitrogen and oxygen atoms in total. The monoisotopic (exact) mass is 271 g/mol. The average Bonchev–Trinajstić information content (AvgIpc) is 2.95. The molecule has 0 unspecified atom stereocenters. The lowest BCUT2D eigenvalue weighted by atomic mass is 10.1. The number of aromatic nitrogens is 1. The van der Waals surface area contributed by atoms with Crippen LogP contribution in [0.2, 0.25) is 0 Å². The summed E-state index contributed by atoms with van der Waals surface area (Å²) in [5.41, 5.74) is 1.58. The lowest BCUT2D eigenvalue weighted by Gasteiger charge is -2.07. The van der Waals surface area contributed by atoms with E-state index < -0.39 is 0 Å². The number of oxazole rings is 1. The molecule has 0 saturated carbocycles. The zero-order valence-corrected chi connectivity index (χ0v) is 11.6. The molecule has 0 aliphatic carbocycles. The lowest BCUT2D eigenvalue weighted by molar-refractivity contribution is 0.412. The van der Waals surface area contributed by atoms with Crippen molar-refractivity contribution in [2.24, 2.45) is 0 Å². The molecule has 0 radical (unpaired) electrons. The van der Waals surface area contributed by atoms with E-state index in [9.17, 15) is 0 Å². The van der Waals surface area contributed by atoms with Gasteiger partial charge in [0, 0.05) is 13.0 Å². The topological polar surface area (TPSA) is 71.1 Å². The van der Waals surface area contributed by atoms with Crippen LogP contribution in [-0.2, 0) is 19.5 Å². The summed E-state index contributed by atoms with van der Waals surface area (Å²) < 4.78 is 10.7. The number of methoxy groups -OCH3 is 1. The van der Waals surface area contributed by atoms with Crippen molar-refractivity contribution in [2.45, 2.75) is 26.4 Å². The van der Waals surface area contributed by atoms with Crippen LogP contribution in [-0.4, -0.2) is 12.1 Å². The van der Waals surface area contributed by atoms with Crippen LogP contribution in [0.3, 0.4) is 0 Å². The smallest absolute Gasteiger partial charge is 0.208 e. The largest absolute Gasteiger partial charge is 0.495 e. The second-order valence-electron chi connectivity index (χ2n) is 4.32. The van der Waals surface area contributed by atoms with Crippen molar-refractivity contribution in [3.63, 3.8) is 0 Å². The fourth-order valence-electron chi connectivity index (χ4n) is 1.84. The molecular formula is C15H17N3O2. The minimum absolute atomic E-state index is 0.538. The fraction of sp³-hybridized carbons (Fsp3) is 0.333. The Balaban J connectivity index is 1.92. The van der Waals surface area contributed by atoms with E-state index in [1.807, 2.05) is 19.1 Å². The molecule has 20 heavy (non-hydrogen) atoms. The molecule has 1 aromatic carbocycles. The molecule has 0 spiro atoms. The van der Waals surface area contributed by atoms with E-state index in [0.29, 0.717) is 30.3 Å². The molecule has 0 atom stereocenters. The van der Waals surface area contributed by atoms with Gasteiger partial charge in [-0.15, -0.1) is 0 Å². The number of hydrogen-bond acceptors (Lipinski definition) is 5. The highest BCUT2D eigenvalue weighted by molar-refractivity contribution is 5.45. The zero-order valence-electron chi connectivity index (χ0n) is 11.6. The molecule has 2 rings (SSSR count). The summed E-state index contributed by atoms with van der Waals surface area (Å²) in [6, 6.07) is 7.62. The Morgan fingerprint density at radius 1 is 1.40 bits per heavy atom. The van der Waals surface area contributed by atoms with Crippen LogP contribution >= 0.6 is 0 Å². The van der Waals surface area contributed by atoms with Gasteiger partial charge in [-0.3, -0.25) is 0 Å². The van der Waals surface area contributed by atoms with Crippen LogP contribution in [0.25, 0.3) is 0 Å². The maximum atomic E-state index is 8.92. The van der Waals surface area contributed by atoms with E-state index in [4.69, 9.17) is 14.4 Å². The normalized spacial score (nSPS) is 10.2. The van der Waals surface area contributed by atoms with Gasteiger partial charge in [-0.25, -0.2) is 4.98 Å². The van der Waals surface area contributed by atoms with Crippen molar-refractivity contribution in [1.82, 2.24) is 10.3 Å². The molecule has 1 N–H and O–H groups in total. The van der Waals surface area contributed by atoms with Crippen LogP contribution in [0.1, 0.15) is 29.7 Å². The van der Waals surface area contributed by atoms with Gasteiger partial charge in [0.2, 0.25) is 5.89 Å². The molecule has 0 aliphatic rings. The predicted molar refractivity (Wildman–Crippen MR) is 74.1 cm³/mol. The Kier molecular flexibility index (Phi) is 4.75. The first-order valence-corrected chi connectivity index (χ1v) is 6.48. The van der Waals surface area contributed by atoms with Crippen molar-refractivity contribution in [3.8, 4) is 11.8 Å². The molecule has 0 amide bonds. The van der Waals surface area contributed by atoms with E-state index in [0.717, 1.165) is 17.7 Å². The third kappa shape index (κ3) is 3.37. The molecule has 0 saturated heterocycles. The SMILES string of the molecule is CCc1cnc(CNCc2ccc(C#N)c(OC)c2)o1. The first-order chi connectivity index (χ1) is 9.76. The number of ether oxygens (including phenoxy) is 1. The van der Waals surface area contributed by atoms with Crippen molar-refractivity contribution in [3.05, 3.63) is 47.2 Å². The highest BCUT2D eigenvalue weighted by atomic mass is 16.5. The van der Waals surface area contributed by atoms with Crippen LogP contribution in [0, 0.1) is 11.3 Å². The molecule has 1 aromatic heterocycles. The highest BCUT2D eigenvalue weighted by Gasteiger charge is 2.05. The third-order valence-corrected chi connectivity index (χ3v) is 2.94. The van der Waals surface area contributed by atoms with Gasteiger partial charge in [0.1, 0.15) is 17.6 Å². The van der Waals surface area contributed by atoms with Crippen molar-refractivity contribution in [2.75, 3.05) is 7.11 Å². The standard InChI is InChI=1S/C15H17N3O2/c1-3-13-9-18-15(20-13)10-17-8-11-4-5-12(7-16)14(6-11)19-2/h4-6,9,17H,3,8,10H2,1-2H3. The Morgan fingerprint density at radius 2 is 2.25 bits per heavy atom. The molecule has 0 fully saturated rings.